The van der Waals surface area contributed by atoms with Crippen LogP contribution in [0.15, 0.2) is 30.3 Å². The molecule has 1 saturated carbocycles. The molecule has 0 saturated heterocycles. The summed E-state index contributed by atoms with van der Waals surface area (Å²) < 4.78 is 0. The third kappa shape index (κ3) is 9.11. The third-order valence-electron chi connectivity index (χ3n) is 6.41. The van der Waals surface area contributed by atoms with Gasteiger partial charge in [0.25, 0.3) is 0 Å². The van der Waals surface area contributed by atoms with Crippen LogP contribution in [0.1, 0.15) is 76.3 Å². The molecule has 1 aliphatic rings. The van der Waals surface area contributed by atoms with Gasteiger partial charge in [-0.3, -0.25) is 0 Å². The van der Waals surface area contributed by atoms with Crippen LogP contribution in [0.2, 0.25) is 0 Å². The third-order valence-corrected chi connectivity index (χ3v) is 6.41. The molecule has 3 rings (SSSR count). The predicted octanol–water partition coefficient (Wildman–Crippen LogP) is 4.70. The highest BCUT2D eigenvalue weighted by Gasteiger charge is 2.12. The molecule has 7 nitrogen and oxygen atoms in total. The first-order valence-electron chi connectivity index (χ1n) is 13.3. The Bertz CT molecular complexity index is 812. The maximum Gasteiger partial charge on any atom is 0.226 e. The van der Waals surface area contributed by atoms with Crippen molar-refractivity contribution in [2.75, 3.05) is 42.1 Å². The number of nitrogens with one attached hydrogen (secondary N) is 3. The largest absolute Gasteiger partial charge is 0.383 e. The second kappa shape index (κ2) is 14.8. The summed E-state index contributed by atoms with van der Waals surface area (Å²) in [5, 5.41) is 10.6. The van der Waals surface area contributed by atoms with E-state index in [0.29, 0.717) is 18.3 Å². The molecule has 0 radical (unpaired) electrons. The topological polar surface area (TPSA) is 91.1 Å². The van der Waals surface area contributed by atoms with Gasteiger partial charge in [0.2, 0.25) is 5.95 Å². The van der Waals surface area contributed by atoms with Crippen molar-refractivity contribution in [1.82, 2.24) is 20.6 Å². The quantitative estimate of drug-likeness (QED) is 0.282. The lowest BCUT2D eigenvalue weighted by Gasteiger charge is -2.23. The minimum absolute atomic E-state index is 0.500. The van der Waals surface area contributed by atoms with E-state index in [-0.39, 0.29) is 0 Å². The number of hydrogen-bond acceptors (Lipinski definition) is 7. The molecule has 188 valence electrons. The molecule has 2 aromatic rings. The summed E-state index contributed by atoms with van der Waals surface area (Å²) in [6.07, 6.45) is 10.2. The summed E-state index contributed by atoms with van der Waals surface area (Å²) >= 11 is 0. The van der Waals surface area contributed by atoms with Gasteiger partial charge in [-0.25, -0.2) is 0 Å². The molecule has 1 aromatic heterocycles. The monoisotopic (exact) mass is 467 g/mol. The zero-order chi connectivity index (χ0) is 24.0. The molecular formula is C27H45N7. The normalized spacial score (nSPS) is 14.3. The minimum Gasteiger partial charge on any atom is -0.383 e. The van der Waals surface area contributed by atoms with Crippen molar-refractivity contribution in [2.45, 2.75) is 84.3 Å². The van der Waals surface area contributed by atoms with Crippen LogP contribution in [0.3, 0.4) is 0 Å². The van der Waals surface area contributed by atoms with Gasteiger partial charge in [-0.2, -0.15) is 9.97 Å². The van der Waals surface area contributed by atoms with Gasteiger partial charge in [0.1, 0.15) is 11.6 Å². The smallest absolute Gasteiger partial charge is 0.226 e. The Hall–Kier alpha value is -2.38. The average molecular weight is 468 g/mol. The van der Waals surface area contributed by atoms with Gasteiger partial charge in [-0.15, -0.1) is 0 Å². The van der Waals surface area contributed by atoms with E-state index in [1.54, 1.807) is 0 Å². The molecule has 0 amide bonds. The standard InChI is InChI=1S/C27H45N7/c1-3-17-34(18-4-2)26-19-25(28)32-27(33-26)31-21-23-13-11-22(12-14-23)20-29-15-8-16-30-24-9-6-5-7-10-24/h11-14,19,24,29-30H,3-10,15-18,20-21H2,1-2H3,(H3,28,31,32,33). The summed E-state index contributed by atoms with van der Waals surface area (Å²) in [7, 11) is 0. The van der Waals surface area contributed by atoms with E-state index < -0.39 is 0 Å². The van der Waals surface area contributed by atoms with Crippen LogP contribution in [-0.2, 0) is 13.1 Å². The van der Waals surface area contributed by atoms with E-state index in [4.69, 9.17) is 10.7 Å². The molecule has 1 heterocycles. The maximum atomic E-state index is 6.06. The average Bonchev–Trinajstić information content (AvgIpc) is 2.86. The second-order valence-corrected chi connectivity index (χ2v) is 9.45. The lowest BCUT2D eigenvalue weighted by molar-refractivity contribution is 0.371. The first-order chi connectivity index (χ1) is 16.7. The minimum atomic E-state index is 0.500. The molecule has 7 heteroatoms. The van der Waals surface area contributed by atoms with Crippen molar-refractivity contribution in [3.63, 3.8) is 0 Å². The van der Waals surface area contributed by atoms with E-state index in [2.05, 4.69) is 63.9 Å². The van der Waals surface area contributed by atoms with Crippen LogP contribution in [0.4, 0.5) is 17.6 Å². The van der Waals surface area contributed by atoms with Crippen LogP contribution >= 0.6 is 0 Å². The first kappa shape index (κ1) is 26.2. The molecule has 1 aromatic carbocycles. The van der Waals surface area contributed by atoms with Crippen molar-refractivity contribution in [3.8, 4) is 0 Å². The number of anilines is 3. The summed E-state index contributed by atoms with van der Waals surface area (Å²) in [4.78, 5) is 11.4. The highest BCUT2D eigenvalue weighted by atomic mass is 15.2. The lowest BCUT2D eigenvalue weighted by Crippen LogP contribution is -2.33. The van der Waals surface area contributed by atoms with Crippen LogP contribution in [0.5, 0.6) is 0 Å². The molecule has 1 aliphatic carbocycles. The summed E-state index contributed by atoms with van der Waals surface area (Å²) in [5.74, 6) is 1.98. The van der Waals surface area contributed by atoms with Crippen molar-refractivity contribution in [3.05, 3.63) is 41.5 Å². The molecule has 0 atom stereocenters. The van der Waals surface area contributed by atoms with E-state index in [9.17, 15) is 0 Å². The summed E-state index contributed by atoms with van der Waals surface area (Å²) in [5.41, 5.74) is 8.57. The van der Waals surface area contributed by atoms with E-state index >= 15 is 0 Å². The number of rotatable bonds is 15. The Balaban J connectivity index is 1.39. The van der Waals surface area contributed by atoms with Crippen molar-refractivity contribution >= 4 is 17.6 Å². The summed E-state index contributed by atoms with van der Waals surface area (Å²) in [6, 6.07) is 11.3. The molecule has 34 heavy (non-hydrogen) atoms. The highest BCUT2D eigenvalue weighted by Crippen LogP contribution is 2.18. The zero-order valence-electron chi connectivity index (χ0n) is 21.3. The van der Waals surface area contributed by atoms with E-state index in [1.165, 1.54) is 49.7 Å². The molecule has 0 unspecified atom stereocenters. The zero-order valence-corrected chi connectivity index (χ0v) is 21.3. The molecule has 1 fully saturated rings. The Kier molecular flexibility index (Phi) is 11.4. The first-order valence-corrected chi connectivity index (χ1v) is 13.3. The van der Waals surface area contributed by atoms with Gasteiger partial charge >= 0.3 is 0 Å². The number of aromatic nitrogens is 2. The highest BCUT2D eigenvalue weighted by molar-refractivity contribution is 5.51. The van der Waals surface area contributed by atoms with Gasteiger partial charge in [-0.1, -0.05) is 57.4 Å². The Labute approximate surface area is 206 Å². The number of nitrogens with zero attached hydrogens (tertiary/aromatic N) is 3. The Morgan fingerprint density at radius 1 is 0.912 bits per heavy atom. The van der Waals surface area contributed by atoms with Crippen LogP contribution in [0, 0.1) is 0 Å². The number of benzene rings is 1. The van der Waals surface area contributed by atoms with Gasteiger partial charge in [-0.05, 0) is 56.3 Å². The van der Waals surface area contributed by atoms with Crippen LogP contribution in [0.25, 0.3) is 0 Å². The molecule has 0 bridgehead atoms. The fourth-order valence-corrected chi connectivity index (χ4v) is 4.59. The van der Waals surface area contributed by atoms with Crippen molar-refractivity contribution < 1.29 is 0 Å². The van der Waals surface area contributed by atoms with Crippen LogP contribution in [-0.4, -0.2) is 42.2 Å². The lowest BCUT2D eigenvalue weighted by atomic mass is 9.95. The van der Waals surface area contributed by atoms with Gasteiger partial charge in [0, 0.05) is 38.3 Å². The molecule has 0 spiro atoms. The number of nitrogen functional groups attached to an aromatic ring is 1. The molecule has 5 N–H and O–H groups in total. The maximum absolute atomic E-state index is 6.06. The second-order valence-electron chi connectivity index (χ2n) is 9.45. The van der Waals surface area contributed by atoms with E-state index in [0.717, 1.165) is 57.4 Å². The molecular weight excluding hydrogens is 422 g/mol. The SMILES string of the molecule is CCCN(CCC)c1cc(N)nc(NCc2ccc(CNCCCNC3CCCCC3)cc2)n1. The fraction of sp³-hybridized carbons (Fsp3) is 0.630. The summed E-state index contributed by atoms with van der Waals surface area (Å²) in [6.45, 7) is 10.0. The molecule has 0 aliphatic heterocycles. The van der Waals surface area contributed by atoms with Gasteiger partial charge < -0.3 is 26.6 Å². The Morgan fingerprint density at radius 3 is 2.26 bits per heavy atom. The van der Waals surface area contributed by atoms with Gasteiger partial charge in [0.15, 0.2) is 0 Å². The van der Waals surface area contributed by atoms with Gasteiger partial charge in [0.05, 0.1) is 0 Å². The number of hydrogen-bond donors (Lipinski definition) is 4. The van der Waals surface area contributed by atoms with Crippen molar-refractivity contribution in [1.29, 1.82) is 0 Å². The van der Waals surface area contributed by atoms with Crippen molar-refractivity contribution in [2.24, 2.45) is 0 Å². The Morgan fingerprint density at radius 2 is 1.59 bits per heavy atom. The number of nitrogens with two attached hydrogens (primary N) is 1. The van der Waals surface area contributed by atoms with Crippen LogP contribution < -0.4 is 26.6 Å². The van der Waals surface area contributed by atoms with E-state index in [1.807, 2.05) is 6.07 Å². The predicted molar refractivity (Wildman–Crippen MR) is 144 cm³/mol. The fourth-order valence-electron chi connectivity index (χ4n) is 4.59.